The van der Waals surface area contributed by atoms with Crippen LogP contribution in [0.4, 0.5) is 0 Å². The van der Waals surface area contributed by atoms with Crippen molar-refractivity contribution in [3.8, 4) is 5.75 Å². The highest BCUT2D eigenvalue weighted by Crippen LogP contribution is 2.27. The first kappa shape index (κ1) is 21.0. The van der Waals surface area contributed by atoms with Gasteiger partial charge < -0.3 is 4.74 Å². The van der Waals surface area contributed by atoms with Gasteiger partial charge in [-0.05, 0) is 41.5 Å². The zero-order valence-corrected chi connectivity index (χ0v) is 17.6. The Labute approximate surface area is 186 Å². The summed E-state index contributed by atoms with van der Waals surface area (Å²) in [5.74, 6) is -0.315. The van der Waals surface area contributed by atoms with Crippen molar-refractivity contribution in [2.45, 2.75) is 13.3 Å². The number of carbonyl (C=O) groups excluding carboxylic acids is 2. The number of aryl methyl sites for hydroxylation is 1. The molecule has 0 spiro atoms. The van der Waals surface area contributed by atoms with Gasteiger partial charge in [-0.25, -0.2) is 10.2 Å². The quantitative estimate of drug-likeness (QED) is 0.204. The number of nitrogens with zero attached hydrogens (tertiary/aromatic N) is 1. The fourth-order valence-electron chi connectivity index (χ4n) is 3.34. The van der Waals surface area contributed by atoms with Crippen molar-refractivity contribution in [3.63, 3.8) is 0 Å². The van der Waals surface area contributed by atoms with E-state index in [9.17, 15) is 9.59 Å². The average molecular weight is 422 g/mol. The maximum Gasteiger partial charge on any atom is 0.343 e. The van der Waals surface area contributed by atoms with Crippen LogP contribution in [-0.4, -0.2) is 18.1 Å². The Balaban J connectivity index is 1.57. The Morgan fingerprint density at radius 1 is 0.875 bits per heavy atom. The molecule has 0 fully saturated rings. The van der Waals surface area contributed by atoms with Gasteiger partial charge in [-0.15, -0.1) is 0 Å². The second-order valence-corrected chi connectivity index (χ2v) is 7.41. The fourth-order valence-corrected chi connectivity index (χ4v) is 3.34. The minimum absolute atomic E-state index is 0.225. The summed E-state index contributed by atoms with van der Waals surface area (Å²) in [6.45, 7) is 1.96. The molecular formula is C27H22N2O3. The Bertz CT molecular complexity index is 1280. The van der Waals surface area contributed by atoms with Crippen molar-refractivity contribution in [3.05, 3.63) is 113 Å². The highest BCUT2D eigenvalue weighted by molar-refractivity contribution is 6.04. The number of hydrazone groups is 1. The normalized spacial score (nSPS) is 10.9. The fraction of sp³-hybridized carbons (Fsp3) is 0.0741. The van der Waals surface area contributed by atoms with Crippen molar-refractivity contribution in [2.24, 2.45) is 5.10 Å². The lowest BCUT2D eigenvalue weighted by molar-refractivity contribution is -0.120. The monoisotopic (exact) mass is 422 g/mol. The Morgan fingerprint density at radius 3 is 2.38 bits per heavy atom. The summed E-state index contributed by atoms with van der Waals surface area (Å²) in [7, 11) is 0. The molecule has 0 aliphatic carbocycles. The predicted molar refractivity (Wildman–Crippen MR) is 126 cm³/mol. The van der Waals surface area contributed by atoms with Gasteiger partial charge in [-0.2, -0.15) is 5.10 Å². The Hall–Kier alpha value is -4.25. The number of benzene rings is 4. The molecule has 0 atom stereocenters. The first-order chi connectivity index (χ1) is 15.6. The van der Waals surface area contributed by atoms with E-state index in [4.69, 9.17) is 4.74 Å². The van der Waals surface area contributed by atoms with Gasteiger partial charge in [-0.1, -0.05) is 78.4 Å². The molecule has 0 heterocycles. The van der Waals surface area contributed by atoms with Gasteiger partial charge >= 0.3 is 5.97 Å². The summed E-state index contributed by atoms with van der Waals surface area (Å²) in [5.41, 5.74) is 5.59. The van der Waals surface area contributed by atoms with Crippen LogP contribution in [0.1, 0.15) is 27.0 Å². The SMILES string of the molecule is Cc1ccc(C(=O)Oc2ccc3ccccc3c2/C=N\NC(=O)Cc2ccccc2)cc1. The molecule has 5 heteroatoms. The van der Waals surface area contributed by atoms with Gasteiger partial charge in [0, 0.05) is 5.56 Å². The minimum Gasteiger partial charge on any atom is -0.422 e. The van der Waals surface area contributed by atoms with Gasteiger partial charge in [-0.3, -0.25) is 4.79 Å². The molecule has 0 aromatic heterocycles. The molecule has 0 aliphatic heterocycles. The van der Waals surface area contributed by atoms with Crippen LogP contribution in [0.3, 0.4) is 0 Å². The number of esters is 1. The van der Waals surface area contributed by atoms with Crippen molar-refractivity contribution < 1.29 is 14.3 Å². The number of carbonyl (C=O) groups is 2. The molecule has 4 aromatic rings. The van der Waals surface area contributed by atoms with Crippen LogP contribution >= 0.6 is 0 Å². The zero-order valence-electron chi connectivity index (χ0n) is 17.6. The molecule has 158 valence electrons. The summed E-state index contributed by atoms with van der Waals surface area (Å²) in [5, 5.41) is 5.96. The lowest BCUT2D eigenvalue weighted by Gasteiger charge is -2.11. The maximum absolute atomic E-state index is 12.7. The number of rotatable bonds is 6. The van der Waals surface area contributed by atoms with Gasteiger partial charge in [0.15, 0.2) is 0 Å². The van der Waals surface area contributed by atoms with E-state index in [1.807, 2.05) is 79.7 Å². The van der Waals surface area contributed by atoms with Crippen molar-refractivity contribution in [1.82, 2.24) is 5.43 Å². The van der Waals surface area contributed by atoms with Gasteiger partial charge in [0.1, 0.15) is 5.75 Å². The van der Waals surface area contributed by atoms with E-state index >= 15 is 0 Å². The zero-order chi connectivity index (χ0) is 22.3. The molecule has 0 unspecified atom stereocenters. The molecule has 1 N–H and O–H groups in total. The van der Waals surface area contributed by atoms with Crippen LogP contribution in [0.5, 0.6) is 5.75 Å². The van der Waals surface area contributed by atoms with E-state index in [1.54, 1.807) is 18.2 Å². The third-order valence-electron chi connectivity index (χ3n) is 5.01. The summed E-state index contributed by atoms with van der Waals surface area (Å²) >= 11 is 0. The molecule has 32 heavy (non-hydrogen) atoms. The third-order valence-corrected chi connectivity index (χ3v) is 5.01. The van der Waals surface area contributed by atoms with Crippen LogP contribution in [0.15, 0.2) is 96.1 Å². The van der Waals surface area contributed by atoms with E-state index in [0.29, 0.717) is 16.9 Å². The van der Waals surface area contributed by atoms with Crippen LogP contribution in [0.25, 0.3) is 10.8 Å². The number of nitrogens with one attached hydrogen (secondary N) is 1. The predicted octanol–water partition coefficient (Wildman–Crippen LogP) is 5.06. The van der Waals surface area contributed by atoms with Gasteiger partial charge in [0.25, 0.3) is 0 Å². The minimum atomic E-state index is -0.456. The summed E-state index contributed by atoms with van der Waals surface area (Å²) in [6, 6.07) is 28.0. The molecule has 0 saturated heterocycles. The molecule has 4 rings (SSSR count). The third kappa shape index (κ3) is 5.08. The second-order valence-electron chi connectivity index (χ2n) is 7.41. The van der Waals surface area contributed by atoms with Crippen molar-refractivity contribution in [2.75, 3.05) is 0 Å². The highest BCUT2D eigenvalue weighted by atomic mass is 16.5. The number of amides is 1. The summed E-state index contributed by atoms with van der Waals surface area (Å²) < 4.78 is 5.69. The van der Waals surface area contributed by atoms with Crippen LogP contribution in [-0.2, 0) is 11.2 Å². The number of hydrogen-bond acceptors (Lipinski definition) is 4. The lowest BCUT2D eigenvalue weighted by atomic mass is 10.0. The molecule has 0 aliphatic rings. The van der Waals surface area contributed by atoms with Gasteiger partial charge in [0.2, 0.25) is 5.91 Å². The van der Waals surface area contributed by atoms with Crippen molar-refractivity contribution in [1.29, 1.82) is 0 Å². The van der Waals surface area contributed by atoms with E-state index in [1.165, 1.54) is 6.21 Å². The topological polar surface area (TPSA) is 67.8 Å². The average Bonchev–Trinajstić information content (AvgIpc) is 2.81. The first-order valence-electron chi connectivity index (χ1n) is 10.3. The Morgan fingerprint density at radius 2 is 1.59 bits per heavy atom. The first-order valence-corrected chi connectivity index (χ1v) is 10.3. The smallest absolute Gasteiger partial charge is 0.343 e. The molecule has 5 nitrogen and oxygen atoms in total. The van der Waals surface area contributed by atoms with Crippen LogP contribution in [0.2, 0.25) is 0 Å². The molecular weight excluding hydrogens is 400 g/mol. The van der Waals surface area contributed by atoms with E-state index in [-0.39, 0.29) is 12.3 Å². The number of ether oxygens (including phenoxy) is 1. The molecule has 1 amide bonds. The number of hydrogen-bond donors (Lipinski definition) is 1. The van der Waals surface area contributed by atoms with E-state index in [2.05, 4.69) is 10.5 Å². The second kappa shape index (κ2) is 9.71. The lowest BCUT2D eigenvalue weighted by Crippen LogP contribution is -2.19. The molecule has 0 bridgehead atoms. The molecule has 0 saturated carbocycles. The molecule has 0 radical (unpaired) electrons. The van der Waals surface area contributed by atoms with E-state index < -0.39 is 5.97 Å². The van der Waals surface area contributed by atoms with Crippen molar-refractivity contribution >= 4 is 28.9 Å². The standard InChI is InChI=1S/C27H22N2O3/c1-19-11-13-22(14-12-19)27(31)32-25-16-15-21-9-5-6-10-23(21)24(25)18-28-29-26(30)17-20-7-3-2-4-8-20/h2-16,18H,17H2,1H3,(H,29,30)/b28-18-. The molecule has 4 aromatic carbocycles. The number of fused-ring (bicyclic) bond motifs is 1. The maximum atomic E-state index is 12.7. The van der Waals surface area contributed by atoms with Crippen LogP contribution in [0, 0.1) is 6.92 Å². The Kier molecular flexibility index (Phi) is 6.37. The van der Waals surface area contributed by atoms with Crippen LogP contribution < -0.4 is 10.2 Å². The van der Waals surface area contributed by atoms with E-state index in [0.717, 1.165) is 21.9 Å². The summed E-state index contributed by atoms with van der Waals surface area (Å²) in [4.78, 5) is 24.9. The summed E-state index contributed by atoms with van der Waals surface area (Å²) in [6.07, 6.45) is 1.74. The van der Waals surface area contributed by atoms with Gasteiger partial charge in [0.05, 0.1) is 18.2 Å². The highest BCUT2D eigenvalue weighted by Gasteiger charge is 2.13. The largest absolute Gasteiger partial charge is 0.422 e.